The van der Waals surface area contributed by atoms with E-state index in [1.54, 1.807) is 30.3 Å². The van der Waals surface area contributed by atoms with Crippen molar-refractivity contribution in [3.63, 3.8) is 0 Å². The third kappa shape index (κ3) is 7.25. The van der Waals surface area contributed by atoms with Crippen molar-refractivity contribution in [1.29, 1.82) is 0 Å². The molecule has 0 unspecified atom stereocenters. The molecule has 39 heavy (non-hydrogen) atoms. The molecule has 2 N–H and O–H groups in total. The first-order valence-electron chi connectivity index (χ1n) is 12.0. The van der Waals surface area contributed by atoms with Gasteiger partial charge in [0, 0.05) is 23.7 Å². The van der Waals surface area contributed by atoms with Gasteiger partial charge in [-0.2, -0.15) is 0 Å². The van der Waals surface area contributed by atoms with Gasteiger partial charge in [0.25, 0.3) is 11.8 Å². The smallest absolute Gasteiger partial charge is 0.311 e. The minimum absolute atomic E-state index is 0.0883. The van der Waals surface area contributed by atoms with Crippen molar-refractivity contribution in [2.24, 2.45) is 5.92 Å². The van der Waals surface area contributed by atoms with Gasteiger partial charge in [0.1, 0.15) is 23.0 Å². The molecule has 4 rings (SSSR count). The summed E-state index contributed by atoms with van der Waals surface area (Å²) in [4.78, 5) is 49.8. The van der Waals surface area contributed by atoms with Crippen LogP contribution in [0.25, 0.3) is 0 Å². The summed E-state index contributed by atoms with van der Waals surface area (Å²) in [6.07, 6.45) is -0.162. The first-order valence-corrected chi connectivity index (χ1v) is 12.0. The van der Waals surface area contributed by atoms with Gasteiger partial charge in [-0.1, -0.05) is 18.2 Å². The quantitative estimate of drug-likeness (QED) is 0.380. The number of hydrogen-bond acceptors (Lipinski definition) is 8. The van der Waals surface area contributed by atoms with Gasteiger partial charge in [0.05, 0.1) is 26.7 Å². The molecule has 3 amide bonds. The van der Waals surface area contributed by atoms with E-state index >= 15 is 0 Å². The Bertz CT molecular complexity index is 1320. The number of amides is 3. The zero-order chi connectivity index (χ0) is 27.8. The SMILES string of the molecule is COc1cc(OC)cc(C(=O)NN2C[C@H](C(=O)OCC(=O)Nc3ccc(Oc4ccccc4)cc3)CC2=O)c1. The monoisotopic (exact) mass is 533 g/mol. The van der Waals surface area contributed by atoms with Crippen LogP contribution in [0, 0.1) is 5.92 Å². The summed E-state index contributed by atoms with van der Waals surface area (Å²) in [5.41, 5.74) is 3.19. The summed E-state index contributed by atoms with van der Waals surface area (Å²) in [6, 6.07) is 20.6. The Morgan fingerprint density at radius 2 is 1.51 bits per heavy atom. The van der Waals surface area contributed by atoms with Crippen molar-refractivity contribution < 1.29 is 38.1 Å². The molecule has 3 aromatic carbocycles. The maximum Gasteiger partial charge on any atom is 0.311 e. The number of methoxy groups -OCH3 is 2. The highest BCUT2D eigenvalue weighted by Crippen LogP contribution is 2.24. The lowest BCUT2D eigenvalue weighted by molar-refractivity contribution is -0.151. The Morgan fingerprint density at radius 3 is 2.15 bits per heavy atom. The van der Waals surface area contributed by atoms with Gasteiger partial charge in [-0.25, -0.2) is 0 Å². The zero-order valence-corrected chi connectivity index (χ0v) is 21.3. The molecule has 0 radical (unpaired) electrons. The van der Waals surface area contributed by atoms with Gasteiger partial charge in [0.2, 0.25) is 5.91 Å². The predicted molar refractivity (Wildman–Crippen MR) is 139 cm³/mol. The number of nitrogens with one attached hydrogen (secondary N) is 2. The van der Waals surface area contributed by atoms with Crippen LogP contribution < -0.4 is 25.0 Å². The van der Waals surface area contributed by atoms with Crippen LogP contribution in [-0.4, -0.2) is 56.1 Å². The van der Waals surface area contributed by atoms with Gasteiger partial charge in [-0.3, -0.25) is 29.6 Å². The molecule has 1 heterocycles. The third-order valence-electron chi connectivity index (χ3n) is 5.77. The second-order valence-corrected chi connectivity index (χ2v) is 8.54. The van der Waals surface area contributed by atoms with Crippen LogP contribution >= 0.6 is 0 Å². The van der Waals surface area contributed by atoms with Crippen molar-refractivity contribution in [2.75, 3.05) is 32.7 Å². The van der Waals surface area contributed by atoms with Gasteiger partial charge in [-0.15, -0.1) is 0 Å². The summed E-state index contributed by atoms with van der Waals surface area (Å²) in [5.74, 6) is -1.03. The minimum Gasteiger partial charge on any atom is -0.497 e. The summed E-state index contributed by atoms with van der Waals surface area (Å²) in [5, 5.41) is 3.69. The molecule has 0 bridgehead atoms. The molecule has 0 aromatic heterocycles. The van der Waals surface area contributed by atoms with Crippen molar-refractivity contribution in [2.45, 2.75) is 6.42 Å². The van der Waals surface area contributed by atoms with E-state index in [-0.39, 0.29) is 18.5 Å². The molecular weight excluding hydrogens is 506 g/mol. The van der Waals surface area contributed by atoms with E-state index in [0.717, 1.165) is 5.01 Å². The molecule has 1 aliphatic heterocycles. The third-order valence-corrected chi connectivity index (χ3v) is 5.77. The number of anilines is 1. The molecule has 202 valence electrons. The molecule has 1 saturated heterocycles. The Labute approximate surface area is 224 Å². The standard InChI is InChI=1S/C28H27N3O8/c1-36-23-12-18(13-24(15-23)37-2)27(34)30-31-16-19(14-26(31)33)28(35)38-17-25(32)29-20-8-10-22(11-9-20)39-21-6-4-3-5-7-21/h3-13,15,19H,14,16-17H2,1-2H3,(H,29,32)(H,30,34)/t19-/m1/s1. The van der Waals surface area contributed by atoms with E-state index in [9.17, 15) is 19.2 Å². The van der Waals surface area contributed by atoms with E-state index in [2.05, 4.69) is 10.7 Å². The molecular formula is C28H27N3O8. The van der Waals surface area contributed by atoms with Crippen molar-refractivity contribution in [1.82, 2.24) is 10.4 Å². The maximum absolute atomic E-state index is 12.7. The molecule has 0 spiro atoms. The molecule has 1 atom stereocenters. The molecule has 3 aromatic rings. The van der Waals surface area contributed by atoms with Crippen LogP contribution in [0.3, 0.4) is 0 Å². The topological polar surface area (TPSA) is 133 Å². The highest BCUT2D eigenvalue weighted by Gasteiger charge is 2.36. The molecule has 0 saturated carbocycles. The Morgan fingerprint density at radius 1 is 0.872 bits per heavy atom. The number of nitrogens with zero attached hydrogens (tertiary/aromatic N) is 1. The van der Waals surface area contributed by atoms with Gasteiger partial charge in [0.15, 0.2) is 6.61 Å². The lowest BCUT2D eigenvalue weighted by Crippen LogP contribution is -2.43. The number of esters is 1. The van der Waals surface area contributed by atoms with Crippen LogP contribution in [0.2, 0.25) is 0 Å². The van der Waals surface area contributed by atoms with Crippen LogP contribution in [-0.2, 0) is 19.1 Å². The normalized spacial score (nSPS) is 14.4. The van der Waals surface area contributed by atoms with E-state index in [1.807, 2.05) is 30.3 Å². The number of para-hydroxylation sites is 1. The largest absolute Gasteiger partial charge is 0.497 e. The first-order chi connectivity index (χ1) is 18.8. The second kappa shape index (κ2) is 12.5. The van der Waals surface area contributed by atoms with Gasteiger partial charge >= 0.3 is 5.97 Å². The van der Waals surface area contributed by atoms with Crippen molar-refractivity contribution >= 4 is 29.4 Å². The fourth-order valence-electron chi connectivity index (χ4n) is 3.78. The number of hydrazine groups is 1. The molecule has 0 aliphatic carbocycles. The van der Waals surface area contributed by atoms with Crippen LogP contribution in [0.4, 0.5) is 5.69 Å². The Balaban J connectivity index is 1.24. The molecule has 1 aliphatic rings. The Kier molecular flexibility index (Phi) is 8.62. The summed E-state index contributed by atoms with van der Waals surface area (Å²) < 4.78 is 21.1. The van der Waals surface area contributed by atoms with Crippen LogP contribution in [0.1, 0.15) is 16.8 Å². The van der Waals surface area contributed by atoms with E-state index in [1.165, 1.54) is 26.4 Å². The highest BCUT2D eigenvalue weighted by atomic mass is 16.5. The van der Waals surface area contributed by atoms with Gasteiger partial charge in [-0.05, 0) is 48.5 Å². The number of carbonyl (C=O) groups excluding carboxylic acids is 4. The maximum atomic E-state index is 12.7. The lowest BCUT2D eigenvalue weighted by atomic mass is 10.1. The summed E-state index contributed by atoms with van der Waals surface area (Å²) >= 11 is 0. The minimum atomic E-state index is -0.833. The van der Waals surface area contributed by atoms with Crippen LogP contribution in [0.15, 0.2) is 72.8 Å². The summed E-state index contributed by atoms with van der Waals surface area (Å²) in [6.45, 7) is -0.614. The number of rotatable bonds is 10. The highest BCUT2D eigenvalue weighted by molar-refractivity contribution is 5.97. The molecule has 11 nitrogen and oxygen atoms in total. The van der Waals surface area contributed by atoms with E-state index in [0.29, 0.717) is 28.7 Å². The van der Waals surface area contributed by atoms with E-state index < -0.39 is 36.2 Å². The zero-order valence-electron chi connectivity index (χ0n) is 21.3. The van der Waals surface area contributed by atoms with E-state index in [4.69, 9.17) is 18.9 Å². The fourth-order valence-corrected chi connectivity index (χ4v) is 3.78. The number of carbonyl (C=O) groups is 4. The average Bonchev–Trinajstić information content (AvgIpc) is 3.32. The Hall–Kier alpha value is -5.06. The first kappa shape index (κ1) is 27.0. The number of benzene rings is 3. The van der Waals surface area contributed by atoms with Crippen LogP contribution in [0.5, 0.6) is 23.0 Å². The lowest BCUT2D eigenvalue weighted by Gasteiger charge is -2.18. The molecule has 11 heteroatoms. The van der Waals surface area contributed by atoms with Crippen molar-refractivity contribution in [3.8, 4) is 23.0 Å². The number of ether oxygens (including phenoxy) is 4. The predicted octanol–water partition coefficient (Wildman–Crippen LogP) is 3.17. The summed E-state index contributed by atoms with van der Waals surface area (Å²) in [7, 11) is 2.91. The second-order valence-electron chi connectivity index (χ2n) is 8.54. The average molecular weight is 534 g/mol. The van der Waals surface area contributed by atoms with Crippen molar-refractivity contribution in [3.05, 3.63) is 78.4 Å². The van der Waals surface area contributed by atoms with Gasteiger partial charge < -0.3 is 24.3 Å². The molecule has 1 fully saturated rings. The number of hydrogen-bond donors (Lipinski definition) is 2. The fraction of sp³-hybridized carbons (Fsp3) is 0.214.